The van der Waals surface area contributed by atoms with E-state index < -0.39 is 24.6 Å². The summed E-state index contributed by atoms with van der Waals surface area (Å²) in [5.41, 5.74) is 6.00. The Hall–Kier alpha value is -1.83. The Morgan fingerprint density at radius 2 is 2.26 bits per heavy atom. The summed E-state index contributed by atoms with van der Waals surface area (Å²) < 4.78 is 13.4. The second-order valence-corrected chi connectivity index (χ2v) is 4.35. The molecular weight excluding hydrogens is 255 g/mol. The topological polar surface area (TPSA) is 111 Å². The summed E-state index contributed by atoms with van der Waals surface area (Å²) >= 11 is 0. The lowest BCUT2D eigenvalue weighted by Crippen LogP contribution is -2.34. The van der Waals surface area contributed by atoms with Crippen LogP contribution < -0.4 is 5.73 Å². The van der Waals surface area contributed by atoms with Crippen LogP contribution in [0.3, 0.4) is 0 Å². The molecule has 7 nitrogen and oxygen atoms in total. The predicted molar refractivity (Wildman–Crippen MR) is 64.1 cm³/mol. The number of hydrogen-bond donors (Lipinski definition) is 2. The molecule has 1 heterocycles. The number of Topliss-reactive ketones (excluding diaryl/α,β-unsaturated/α-hetero) is 1. The molecule has 1 aromatic heterocycles. The first-order chi connectivity index (χ1) is 8.93. The van der Waals surface area contributed by atoms with E-state index in [2.05, 4.69) is 10.3 Å². The molecule has 0 fully saturated rings. The van der Waals surface area contributed by atoms with Gasteiger partial charge in [-0.25, -0.2) is 9.07 Å². The molecule has 2 atom stereocenters. The number of ketones is 1. The molecule has 106 valence electrons. The first-order valence-corrected chi connectivity index (χ1v) is 5.87. The molecule has 0 spiro atoms. The van der Waals surface area contributed by atoms with Crippen LogP contribution in [0.1, 0.15) is 19.0 Å². The third kappa shape index (κ3) is 4.74. The number of nitrogens with zero attached hydrogens (tertiary/aromatic N) is 3. The van der Waals surface area contributed by atoms with E-state index in [1.807, 2.05) is 0 Å². The van der Waals surface area contributed by atoms with Crippen LogP contribution in [0.25, 0.3) is 0 Å². The van der Waals surface area contributed by atoms with E-state index in [1.165, 1.54) is 17.8 Å². The van der Waals surface area contributed by atoms with Gasteiger partial charge in [-0.15, -0.1) is 5.10 Å². The maximum Gasteiger partial charge on any atom is 0.306 e. The Bertz CT molecular complexity index is 449. The number of nitrogens with two attached hydrogens (primary N) is 1. The summed E-state index contributed by atoms with van der Waals surface area (Å²) in [4.78, 5) is 22.2. The van der Waals surface area contributed by atoms with Gasteiger partial charge < -0.3 is 10.8 Å². The van der Waals surface area contributed by atoms with Gasteiger partial charge in [0.25, 0.3) is 0 Å². The second kappa shape index (κ2) is 6.93. The molecule has 3 N–H and O–H groups in total. The SMILES string of the molecule is CC(=O)[C@@H](N)CC(Cc1cn(CCF)nn1)C(=O)O. The van der Waals surface area contributed by atoms with Gasteiger partial charge in [0.05, 0.1) is 24.2 Å². The minimum Gasteiger partial charge on any atom is -0.481 e. The zero-order chi connectivity index (χ0) is 14.4. The van der Waals surface area contributed by atoms with Gasteiger partial charge in [-0.05, 0) is 13.3 Å². The van der Waals surface area contributed by atoms with Crippen LogP contribution in [0.2, 0.25) is 0 Å². The summed E-state index contributed by atoms with van der Waals surface area (Å²) in [6.07, 6.45) is 1.65. The largest absolute Gasteiger partial charge is 0.481 e. The predicted octanol–water partition coefficient (Wildman–Crippen LogP) is -0.203. The van der Waals surface area contributed by atoms with Gasteiger partial charge in [-0.3, -0.25) is 9.59 Å². The van der Waals surface area contributed by atoms with Crippen molar-refractivity contribution in [3.05, 3.63) is 11.9 Å². The van der Waals surface area contributed by atoms with Gasteiger partial charge in [0.1, 0.15) is 12.5 Å². The van der Waals surface area contributed by atoms with Crippen molar-refractivity contribution in [3.8, 4) is 0 Å². The Balaban J connectivity index is 2.67. The number of aliphatic carboxylic acids is 1. The van der Waals surface area contributed by atoms with Gasteiger partial charge in [0, 0.05) is 12.6 Å². The number of alkyl halides is 1. The number of rotatable bonds is 8. The monoisotopic (exact) mass is 272 g/mol. The van der Waals surface area contributed by atoms with Crippen LogP contribution in [-0.2, 0) is 22.6 Å². The van der Waals surface area contributed by atoms with E-state index in [9.17, 15) is 14.0 Å². The molecule has 8 heteroatoms. The number of halogens is 1. The fraction of sp³-hybridized carbons (Fsp3) is 0.636. The summed E-state index contributed by atoms with van der Waals surface area (Å²) in [7, 11) is 0. The average molecular weight is 272 g/mol. The van der Waals surface area contributed by atoms with E-state index in [0.717, 1.165) is 0 Å². The van der Waals surface area contributed by atoms with Crippen molar-refractivity contribution in [1.29, 1.82) is 0 Å². The van der Waals surface area contributed by atoms with Crippen molar-refractivity contribution in [1.82, 2.24) is 15.0 Å². The standard InChI is InChI=1S/C11H17FN4O3/c1-7(17)10(13)5-8(11(18)19)4-9-6-16(3-2-12)15-14-9/h6,8,10H,2-5,13H2,1H3,(H,18,19)/t8?,10-/m0/s1. The molecule has 0 aliphatic rings. The Kier molecular flexibility index (Phi) is 5.56. The number of aromatic nitrogens is 3. The molecule has 0 aromatic carbocycles. The van der Waals surface area contributed by atoms with Crippen LogP contribution in [0.15, 0.2) is 6.20 Å². The third-order valence-corrected chi connectivity index (χ3v) is 2.77. The van der Waals surface area contributed by atoms with Crippen molar-refractivity contribution in [2.75, 3.05) is 6.67 Å². The summed E-state index contributed by atoms with van der Waals surface area (Å²) in [6.45, 7) is 0.833. The first kappa shape index (κ1) is 15.2. The van der Waals surface area contributed by atoms with E-state index >= 15 is 0 Å². The van der Waals surface area contributed by atoms with E-state index in [1.54, 1.807) is 0 Å². The summed E-state index contributed by atoms with van der Waals surface area (Å²) in [5.74, 6) is -2.11. The second-order valence-electron chi connectivity index (χ2n) is 4.35. The maximum absolute atomic E-state index is 12.1. The number of carbonyl (C=O) groups is 2. The molecular formula is C11H17FN4O3. The number of carboxylic acid groups (broad SMARTS) is 1. The summed E-state index contributed by atoms with van der Waals surface area (Å²) in [5, 5.41) is 16.5. The fourth-order valence-corrected chi connectivity index (χ4v) is 1.62. The lowest BCUT2D eigenvalue weighted by molar-refractivity contribution is -0.142. The van der Waals surface area contributed by atoms with E-state index in [4.69, 9.17) is 10.8 Å². The van der Waals surface area contributed by atoms with Crippen LogP contribution >= 0.6 is 0 Å². The fourth-order valence-electron chi connectivity index (χ4n) is 1.62. The zero-order valence-corrected chi connectivity index (χ0v) is 10.6. The Morgan fingerprint density at radius 3 is 2.79 bits per heavy atom. The summed E-state index contributed by atoms with van der Waals surface area (Å²) in [6, 6.07) is -0.804. The lowest BCUT2D eigenvalue weighted by Gasteiger charge is -2.14. The quantitative estimate of drug-likeness (QED) is 0.677. The molecule has 0 aliphatic carbocycles. The highest BCUT2D eigenvalue weighted by molar-refractivity contribution is 5.82. The zero-order valence-electron chi connectivity index (χ0n) is 10.6. The van der Waals surface area contributed by atoms with E-state index in [-0.39, 0.29) is 25.2 Å². The van der Waals surface area contributed by atoms with Gasteiger partial charge in [-0.1, -0.05) is 5.21 Å². The molecule has 1 unspecified atom stereocenters. The van der Waals surface area contributed by atoms with Crippen LogP contribution in [-0.4, -0.2) is 44.6 Å². The molecule has 0 radical (unpaired) electrons. The number of hydrogen-bond acceptors (Lipinski definition) is 5. The molecule has 0 amide bonds. The van der Waals surface area contributed by atoms with Crippen molar-refractivity contribution in [2.45, 2.75) is 32.4 Å². The van der Waals surface area contributed by atoms with Crippen molar-refractivity contribution < 1.29 is 19.1 Å². The minimum atomic E-state index is -1.04. The van der Waals surface area contributed by atoms with Crippen molar-refractivity contribution >= 4 is 11.8 Å². The highest BCUT2D eigenvalue weighted by atomic mass is 19.1. The van der Waals surface area contributed by atoms with Crippen LogP contribution in [0.5, 0.6) is 0 Å². The van der Waals surface area contributed by atoms with Crippen LogP contribution in [0.4, 0.5) is 4.39 Å². The normalized spacial score (nSPS) is 14.1. The molecule has 19 heavy (non-hydrogen) atoms. The smallest absolute Gasteiger partial charge is 0.306 e. The van der Waals surface area contributed by atoms with Gasteiger partial charge in [-0.2, -0.15) is 0 Å². The third-order valence-electron chi connectivity index (χ3n) is 2.77. The van der Waals surface area contributed by atoms with Gasteiger partial charge in [0.15, 0.2) is 0 Å². The highest BCUT2D eigenvalue weighted by Crippen LogP contribution is 2.13. The average Bonchev–Trinajstić information content (AvgIpc) is 2.76. The van der Waals surface area contributed by atoms with Crippen LogP contribution in [0, 0.1) is 5.92 Å². The minimum absolute atomic E-state index is 0.0423. The maximum atomic E-state index is 12.1. The van der Waals surface area contributed by atoms with Gasteiger partial charge in [0.2, 0.25) is 0 Å². The highest BCUT2D eigenvalue weighted by Gasteiger charge is 2.24. The van der Waals surface area contributed by atoms with Gasteiger partial charge >= 0.3 is 5.97 Å². The number of carbonyl (C=O) groups excluding carboxylic acids is 1. The molecule has 0 aliphatic heterocycles. The Morgan fingerprint density at radius 1 is 1.58 bits per heavy atom. The van der Waals surface area contributed by atoms with E-state index in [0.29, 0.717) is 5.69 Å². The lowest BCUT2D eigenvalue weighted by atomic mass is 9.94. The molecule has 1 rings (SSSR count). The number of aryl methyl sites for hydroxylation is 1. The van der Waals surface area contributed by atoms with Crippen molar-refractivity contribution in [2.24, 2.45) is 11.7 Å². The molecule has 0 bridgehead atoms. The molecule has 0 saturated heterocycles. The first-order valence-electron chi connectivity index (χ1n) is 5.87. The number of carboxylic acids is 1. The Labute approximate surface area is 109 Å². The molecule has 0 saturated carbocycles. The van der Waals surface area contributed by atoms with Crippen molar-refractivity contribution in [3.63, 3.8) is 0 Å². The molecule has 1 aromatic rings.